The number of carbonyl (C=O) groups excluding carboxylic acids is 3. The highest BCUT2D eigenvalue weighted by atomic mass is 16.6. The molecule has 0 radical (unpaired) electrons. The number of hydrogen-bond acceptors (Lipinski definition) is 6. The fraction of sp³-hybridized carbons (Fsp3) is 0.609. The first kappa shape index (κ1) is 20.5. The van der Waals surface area contributed by atoms with Gasteiger partial charge in [-0.25, -0.2) is 9.69 Å². The monoisotopic (exact) mass is 427 g/mol. The Hall–Kier alpha value is -2.45. The minimum absolute atomic E-state index is 0.0623. The van der Waals surface area contributed by atoms with Gasteiger partial charge < -0.3 is 14.8 Å². The molecule has 8 heteroatoms. The lowest BCUT2D eigenvalue weighted by Gasteiger charge is -2.27. The molecule has 31 heavy (non-hydrogen) atoms. The number of carbonyl (C=O) groups is 3. The average molecular weight is 428 g/mol. The van der Waals surface area contributed by atoms with Gasteiger partial charge in [-0.3, -0.25) is 14.5 Å². The second-order valence-corrected chi connectivity index (χ2v) is 9.16. The van der Waals surface area contributed by atoms with Crippen molar-refractivity contribution in [3.8, 4) is 0 Å². The predicted molar refractivity (Wildman–Crippen MR) is 111 cm³/mol. The molecule has 2 heterocycles. The molecule has 5 rings (SSSR count). The minimum atomic E-state index is -1.29. The Morgan fingerprint density at radius 3 is 2.77 bits per heavy atom. The van der Waals surface area contributed by atoms with Crippen molar-refractivity contribution in [3.05, 3.63) is 34.9 Å². The summed E-state index contributed by atoms with van der Waals surface area (Å²) < 4.78 is 11.1. The Bertz CT molecular complexity index is 908. The highest BCUT2D eigenvalue weighted by Crippen LogP contribution is 2.45. The van der Waals surface area contributed by atoms with Crippen LogP contribution in [0.4, 0.5) is 4.79 Å². The van der Waals surface area contributed by atoms with Crippen LogP contribution in [-0.2, 0) is 37.6 Å². The summed E-state index contributed by atoms with van der Waals surface area (Å²) in [6.45, 7) is 5.83. The van der Waals surface area contributed by atoms with Crippen LogP contribution in [0.3, 0.4) is 0 Å². The first-order valence-electron chi connectivity index (χ1n) is 11.2. The fourth-order valence-corrected chi connectivity index (χ4v) is 4.98. The largest absolute Gasteiger partial charge is 0.427 e. The molecule has 1 saturated carbocycles. The average Bonchev–Trinajstić information content (AvgIpc) is 3.51. The van der Waals surface area contributed by atoms with E-state index in [0.717, 1.165) is 61.7 Å². The Labute approximate surface area is 181 Å². The number of nitrogens with zero attached hydrogens (tertiary/aromatic N) is 2. The number of morpholine rings is 1. The van der Waals surface area contributed by atoms with E-state index in [9.17, 15) is 14.4 Å². The molecule has 1 N–H and O–H groups in total. The summed E-state index contributed by atoms with van der Waals surface area (Å²) in [6.07, 6.45) is 2.58. The first-order valence-corrected chi connectivity index (χ1v) is 11.2. The van der Waals surface area contributed by atoms with Crippen LogP contribution in [0.1, 0.15) is 42.9 Å². The normalized spacial score (nSPS) is 26.8. The number of benzene rings is 1. The smallest absolute Gasteiger partial charge is 0.418 e. The van der Waals surface area contributed by atoms with Crippen LogP contribution in [0.5, 0.6) is 0 Å². The van der Waals surface area contributed by atoms with Gasteiger partial charge in [-0.15, -0.1) is 0 Å². The Balaban J connectivity index is 1.29. The molecule has 0 bridgehead atoms. The standard InChI is InChI=1S/C23H29N3O5/c1-15(17-3-4-17)24-20(27)14-26-21(28)23(31-22(26)29)7-6-18-12-16(2-5-19(18)23)13-25-8-10-30-11-9-25/h2,5,12,15,17H,3-4,6-11,13-14H2,1H3,(H,24,27)/t15-,23?/m0/s1. The van der Waals surface area contributed by atoms with E-state index in [-0.39, 0.29) is 18.5 Å². The van der Waals surface area contributed by atoms with Gasteiger partial charge in [-0.2, -0.15) is 0 Å². The van der Waals surface area contributed by atoms with E-state index in [1.807, 2.05) is 19.1 Å². The molecule has 4 aliphatic rings. The molecule has 1 aromatic carbocycles. The van der Waals surface area contributed by atoms with E-state index in [0.29, 0.717) is 18.8 Å². The summed E-state index contributed by atoms with van der Waals surface area (Å²) in [5.41, 5.74) is 1.69. The molecule has 166 valence electrons. The van der Waals surface area contributed by atoms with Crippen LogP contribution >= 0.6 is 0 Å². The van der Waals surface area contributed by atoms with Crippen molar-refractivity contribution in [1.29, 1.82) is 0 Å². The van der Waals surface area contributed by atoms with Crippen LogP contribution in [0, 0.1) is 5.92 Å². The quantitative estimate of drug-likeness (QED) is 0.741. The number of imide groups is 1. The molecule has 1 spiro atoms. The van der Waals surface area contributed by atoms with Crippen LogP contribution in [-0.4, -0.2) is 66.6 Å². The molecule has 2 atom stereocenters. The summed E-state index contributed by atoms with van der Waals surface area (Å²) >= 11 is 0. The van der Waals surface area contributed by atoms with E-state index < -0.39 is 17.6 Å². The van der Waals surface area contributed by atoms with Crippen molar-refractivity contribution in [2.24, 2.45) is 5.92 Å². The number of hydrogen-bond donors (Lipinski definition) is 1. The summed E-state index contributed by atoms with van der Waals surface area (Å²) in [5.74, 6) is -0.239. The van der Waals surface area contributed by atoms with Crippen molar-refractivity contribution in [2.45, 2.75) is 50.8 Å². The zero-order chi connectivity index (χ0) is 21.6. The molecular formula is C23H29N3O5. The van der Waals surface area contributed by atoms with E-state index in [1.54, 1.807) is 0 Å². The zero-order valence-corrected chi connectivity index (χ0v) is 17.9. The topological polar surface area (TPSA) is 88.2 Å². The van der Waals surface area contributed by atoms with Gasteiger partial charge in [0.1, 0.15) is 6.54 Å². The molecule has 1 unspecified atom stereocenters. The second kappa shape index (κ2) is 7.91. The highest BCUT2D eigenvalue weighted by molar-refractivity contribution is 6.06. The van der Waals surface area contributed by atoms with Crippen LogP contribution in [0.25, 0.3) is 0 Å². The van der Waals surface area contributed by atoms with Crippen molar-refractivity contribution >= 4 is 17.9 Å². The van der Waals surface area contributed by atoms with Gasteiger partial charge in [-0.1, -0.05) is 18.2 Å². The molecule has 8 nitrogen and oxygen atoms in total. The van der Waals surface area contributed by atoms with Crippen LogP contribution in [0.15, 0.2) is 18.2 Å². The van der Waals surface area contributed by atoms with E-state index in [1.165, 1.54) is 5.56 Å². The number of rotatable bonds is 6. The van der Waals surface area contributed by atoms with Gasteiger partial charge >= 0.3 is 6.09 Å². The zero-order valence-electron chi connectivity index (χ0n) is 17.9. The summed E-state index contributed by atoms with van der Waals surface area (Å²) in [7, 11) is 0. The summed E-state index contributed by atoms with van der Waals surface area (Å²) in [6, 6.07) is 6.11. The lowest BCUT2D eigenvalue weighted by atomic mass is 9.94. The van der Waals surface area contributed by atoms with Crippen LogP contribution < -0.4 is 5.32 Å². The van der Waals surface area contributed by atoms with Gasteiger partial charge in [-0.05, 0) is 43.2 Å². The van der Waals surface area contributed by atoms with Gasteiger partial charge in [0.15, 0.2) is 0 Å². The molecule has 1 aromatic rings. The first-order chi connectivity index (χ1) is 15.0. The number of fused-ring (bicyclic) bond motifs is 2. The SMILES string of the molecule is C[C@H](NC(=O)CN1C(=O)OC2(CCc3cc(CN4CCOCC4)ccc32)C1=O)C1CC1. The fourth-order valence-electron chi connectivity index (χ4n) is 4.98. The summed E-state index contributed by atoms with van der Waals surface area (Å²) in [4.78, 5) is 41.5. The van der Waals surface area contributed by atoms with E-state index in [2.05, 4.69) is 16.3 Å². The highest BCUT2D eigenvalue weighted by Gasteiger charge is 2.58. The maximum absolute atomic E-state index is 13.2. The molecular weight excluding hydrogens is 398 g/mol. The molecule has 3 fully saturated rings. The Kier molecular flexibility index (Phi) is 5.22. The number of nitrogens with one attached hydrogen (secondary N) is 1. The van der Waals surface area contributed by atoms with Gasteiger partial charge in [0.25, 0.3) is 5.91 Å². The molecule has 3 amide bonds. The van der Waals surface area contributed by atoms with Gasteiger partial charge in [0, 0.05) is 37.7 Å². The third-order valence-electron chi connectivity index (χ3n) is 6.95. The lowest BCUT2D eigenvalue weighted by molar-refractivity contribution is -0.139. The third kappa shape index (κ3) is 3.83. The Morgan fingerprint density at radius 2 is 2.03 bits per heavy atom. The molecule has 2 aliphatic carbocycles. The summed E-state index contributed by atoms with van der Waals surface area (Å²) in [5, 5.41) is 2.90. The third-order valence-corrected chi connectivity index (χ3v) is 6.95. The maximum atomic E-state index is 13.2. The van der Waals surface area contributed by atoms with Crippen molar-refractivity contribution in [3.63, 3.8) is 0 Å². The van der Waals surface area contributed by atoms with Crippen molar-refractivity contribution in [1.82, 2.24) is 15.1 Å². The molecule has 2 aliphatic heterocycles. The maximum Gasteiger partial charge on any atom is 0.418 e. The van der Waals surface area contributed by atoms with Crippen LogP contribution in [0.2, 0.25) is 0 Å². The second-order valence-electron chi connectivity index (χ2n) is 9.16. The lowest BCUT2D eigenvalue weighted by Crippen LogP contribution is -2.45. The van der Waals surface area contributed by atoms with Gasteiger partial charge in [0.05, 0.1) is 13.2 Å². The number of aryl methyl sites for hydroxylation is 1. The molecule has 2 saturated heterocycles. The van der Waals surface area contributed by atoms with E-state index in [4.69, 9.17) is 9.47 Å². The van der Waals surface area contributed by atoms with Crippen molar-refractivity contribution < 1.29 is 23.9 Å². The van der Waals surface area contributed by atoms with Crippen molar-refractivity contribution in [2.75, 3.05) is 32.8 Å². The minimum Gasteiger partial charge on any atom is -0.427 e. The Morgan fingerprint density at radius 1 is 1.26 bits per heavy atom. The number of ether oxygens (including phenoxy) is 2. The van der Waals surface area contributed by atoms with Gasteiger partial charge in [0.2, 0.25) is 11.5 Å². The number of amides is 3. The van der Waals surface area contributed by atoms with E-state index >= 15 is 0 Å². The predicted octanol–water partition coefficient (Wildman–Crippen LogP) is 1.55. The molecule has 0 aromatic heterocycles.